The Kier molecular flexibility index (Phi) is 3.01. The van der Waals surface area contributed by atoms with Crippen LogP contribution in [0.1, 0.15) is 45.4 Å². The number of carbonyl (C=O) groups is 1. The topological polar surface area (TPSA) is 60.2 Å². The van der Waals surface area contributed by atoms with Crippen molar-refractivity contribution in [1.29, 1.82) is 0 Å². The molecule has 2 aromatic heterocycles. The van der Waals surface area contributed by atoms with E-state index in [0.717, 1.165) is 24.1 Å². The summed E-state index contributed by atoms with van der Waals surface area (Å²) in [7, 11) is 0. The lowest BCUT2D eigenvalue weighted by atomic mass is 9.70. The first kappa shape index (κ1) is 15.7. The minimum absolute atomic E-state index is 0.0162. The van der Waals surface area contributed by atoms with Gasteiger partial charge in [-0.15, -0.1) is 10.2 Å². The van der Waals surface area contributed by atoms with Crippen LogP contribution in [0.15, 0.2) is 42.5 Å². The van der Waals surface area contributed by atoms with E-state index in [-0.39, 0.29) is 16.7 Å². The fourth-order valence-corrected chi connectivity index (χ4v) is 5.15. The van der Waals surface area contributed by atoms with Crippen LogP contribution >= 0.6 is 0 Å². The van der Waals surface area contributed by atoms with Gasteiger partial charge in [0.25, 0.3) is 0 Å². The smallest absolute Gasteiger partial charge is 0.177 e. The van der Waals surface area contributed by atoms with Crippen molar-refractivity contribution < 1.29 is 4.79 Å². The van der Waals surface area contributed by atoms with Crippen LogP contribution < -0.4 is 0 Å². The van der Waals surface area contributed by atoms with Crippen molar-refractivity contribution in [3.8, 4) is 11.3 Å². The van der Waals surface area contributed by atoms with Crippen LogP contribution in [0.2, 0.25) is 0 Å². The monoisotopic (exact) mass is 346 g/mol. The number of carbonyl (C=O) groups excluding carboxylic acids is 1. The van der Waals surface area contributed by atoms with E-state index < -0.39 is 0 Å². The van der Waals surface area contributed by atoms with Crippen molar-refractivity contribution in [2.24, 2.45) is 16.7 Å². The molecule has 2 aliphatic carbocycles. The zero-order chi connectivity index (χ0) is 18.1. The Hall–Kier alpha value is -2.56. The predicted molar refractivity (Wildman–Crippen MR) is 98.6 cm³/mol. The summed E-state index contributed by atoms with van der Waals surface area (Å²) in [5.41, 5.74) is 2.31. The number of hydrogen-bond acceptors (Lipinski definition) is 4. The molecule has 0 unspecified atom stereocenters. The quantitative estimate of drug-likeness (QED) is 0.706. The molecule has 0 N–H and O–H groups in total. The second kappa shape index (κ2) is 5.00. The molecule has 0 radical (unpaired) electrons. The molecule has 5 nitrogen and oxygen atoms in total. The van der Waals surface area contributed by atoms with Crippen molar-refractivity contribution in [2.45, 2.75) is 39.5 Å². The van der Waals surface area contributed by atoms with Crippen molar-refractivity contribution in [2.75, 3.05) is 0 Å². The van der Waals surface area contributed by atoms with Crippen LogP contribution in [0.5, 0.6) is 0 Å². The number of rotatable bonds is 2. The first-order valence-electron chi connectivity index (χ1n) is 9.25. The molecule has 3 atom stereocenters. The summed E-state index contributed by atoms with van der Waals surface area (Å²) < 4.78 is 1.78. The Bertz CT molecular complexity index is 1020. The van der Waals surface area contributed by atoms with Crippen LogP contribution in [0.3, 0.4) is 0 Å². The van der Waals surface area contributed by atoms with Gasteiger partial charge in [-0.25, -0.2) is 0 Å². The first-order chi connectivity index (χ1) is 12.4. The summed E-state index contributed by atoms with van der Waals surface area (Å²) in [6.45, 7) is 6.59. The largest absolute Gasteiger partial charge is 0.298 e. The molecule has 5 heteroatoms. The zero-order valence-electron chi connectivity index (χ0n) is 15.3. The molecule has 1 aromatic carbocycles. The van der Waals surface area contributed by atoms with Gasteiger partial charge in [-0.05, 0) is 36.3 Å². The van der Waals surface area contributed by atoms with Crippen molar-refractivity contribution in [1.82, 2.24) is 19.8 Å². The molecule has 2 aliphatic rings. The predicted octanol–water partition coefficient (Wildman–Crippen LogP) is 3.90. The number of aromatic nitrogens is 4. The number of benzene rings is 1. The van der Waals surface area contributed by atoms with E-state index in [2.05, 4.69) is 31.0 Å². The van der Waals surface area contributed by atoms with Gasteiger partial charge in [-0.3, -0.25) is 4.79 Å². The van der Waals surface area contributed by atoms with Crippen LogP contribution in [0, 0.1) is 16.7 Å². The van der Waals surface area contributed by atoms with Crippen molar-refractivity contribution in [3.63, 3.8) is 0 Å². The van der Waals surface area contributed by atoms with E-state index in [4.69, 9.17) is 5.10 Å². The lowest BCUT2D eigenvalue weighted by Gasteiger charge is -2.32. The van der Waals surface area contributed by atoms with Crippen molar-refractivity contribution in [3.05, 3.63) is 48.3 Å². The Labute approximate surface area is 152 Å². The molecule has 0 aliphatic heterocycles. The zero-order valence-corrected chi connectivity index (χ0v) is 15.3. The van der Waals surface area contributed by atoms with Crippen LogP contribution in [-0.4, -0.2) is 25.6 Å². The maximum atomic E-state index is 13.3. The molecule has 3 aromatic rings. The Morgan fingerprint density at radius 3 is 2.50 bits per heavy atom. The van der Waals surface area contributed by atoms with E-state index in [1.165, 1.54) is 0 Å². The molecule has 0 saturated heterocycles. The maximum absolute atomic E-state index is 13.3. The molecule has 2 heterocycles. The minimum atomic E-state index is -0.273. The highest BCUT2D eigenvalue weighted by Gasteiger charge is 2.67. The van der Waals surface area contributed by atoms with Gasteiger partial charge in [0.2, 0.25) is 0 Å². The van der Waals surface area contributed by atoms with E-state index >= 15 is 0 Å². The fourth-order valence-electron chi connectivity index (χ4n) is 5.15. The number of Topliss-reactive ketones (excluding diaryl/α,β-unsaturated/α-hetero) is 1. The van der Waals surface area contributed by atoms with Crippen molar-refractivity contribution >= 4 is 11.4 Å². The molecular weight excluding hydrogens is 324 g/mol. The average molecular weight is 346 g/mol. The molecule has 2 bridgehead atoms. The molecule has 0 spiro atoms. The lowest BCUT2D eigenvalue weighted by molar-refractivity contribution is -0.129. The maximum Gasteiger partial charge on any atom is 0.177 e. The number of fused-ring (bicyclic) bond motifs is 3. The van der Waals surface area contributed by atoms with E-state index in [0.29, 0.717) is 23.2 Å². The highest BCUT2D eigenvalue weighted by Crippen LogP contribution is 2.67. The van der Waals surface area contributed by atoms with Crippen LogP contribution in [0.25, 0.3) is 16.9 Å². The number of nitrogens with zero attached hydrogens (tertiary/aromatic N) is 4. The fraction of sp³-hybridized carbons (Fsp3) is 0.429. The molecule has 132 valence electrons. The summed E-state index contributed by atoms with van der Waals surface area (Å²) >= 11 is 0. The second-order valence-electron chi connectivity index (χ2n) is 8.45. The minimum Gasteiger partial charge on any atom is -0.298 e. The van der Waals surface area contributed by atoms with Gasteiger partial charge >= 0.3 is 0 Å². The Morgan fingerprint density at radius 1 is 1.04 bits per heavy atom. The SMILES string of the molecule is CC1(C)[C@@H]2CC[C@@]1(C)C(=O)[C@H]2c1nnc2ccc(-c3ccccc3)nn12. The molecular formula is C21H22N4O. The van der Waals surface area contributed by atoms with E-state index in [1.807, 2.05) is 42.5 Å². The summed E-state index contributed by atoms with van der Waals surface area (Å²) in [5.74, 6) is 1.09. The van der Waals surface area contributed by atoms with Gasteiger partial charge in [0, 0.05) is 11.0 Å². The van der Waals surface area contributed by atoms with Gasteiger partial charge in [-0.2, -0.15) is 9.61 Å². The van der Waals surface area contributed by atoms with E-state index in [1.54, 1.807) is 4.52 Å². The van der Waals surface area contributed by atoms with Gasteiger partial charge in [0.15, 0.2) is 11.5 Å². The Morgan fingerprint density at radius 2 is 1.81 bits per heavy atom. The molecule has 2 saturated carbocycles. The molecule has 26 heavy (non-hydrogen) atoms. The summed E-state index contributed by atoms with van der Waals surface area (Å²) in [6.07, 6.45) is 2.03. The third-order valence-corrected chi connectivity index (χ3v) is 7.17. The molecule has 0 amide bonds. The third-order valence-electron chi connectivity index (χ3n) is 7.17. The number of hydrogen-bond donors (Lipinski definition) is 0. The van der Waals surface area contributed by atoms with Gasteiger partial charge in [0.05, 0.1) is 11.6 Å². The second-order valence-corrected chi connectivity index (χ2v) is 8.45. The highest BCUT2D eigenvalue weighted by atomic mass is 16.1. The Balaban J connectivity index is 1.66. The van der Waals surface area contributed by atoms with Crippen LogP contribution in [-0.2, 0) is 4.79 Å². The third kappa shape index (κ3) is 1.81. The molecule has 2 fully saturated rings. The summed E-state index contributed by atoms with van der Waals surface area (Å²) in [4.78, 5) is 13.3. The normalized spacial score (nSPS) is 29.6. The number of ketones is 1. The van der Waals surface area contributed by atoms with Gasteiger partial charge < -0.3 is 0 Å². The van der Waals surface area contributed by atoms with Gasteiger partial charge in [0.1, 0.15) is 5.78 Å². The lowest BCUT2D eigenvalue weighted by Crippen LogP contribution is -2.33. The van der Waals surface area contributed by atoms with E-state index in [9.17, 15) is 4.79 Å². The highest BCUT2D eigenvalue weighted by molar-refractivity contribution is 5.95. The average Bonchev–Trinajstić information content (AvgIpc) is 3.20. The summed E-state index contributed by atoms with van der Waals surface area (Å²) in [6, 6.07) is 13.9. The first-order valence-corrected chi connectivity index (χ1v) is 9.25. The van der Waals surface area contributed by atoms with Gasteiger partial charge in [-0.1, -0.05) is 51.1 Å². The van der Waals surface area contributed by atoms with Crippen LogP contribution in [0.4, 0.5) is 0 Å². The standard InChI is InChI=1S/C21H22N4O/c1-20(2)14-11-12-21(20,3)18(26)17(14)19-23-22-16-10-9-15(24-25(16)19)13-7-5-4-6-8-13/h4-10,14,17H,11-12H2,1-3H3/t14-,17+,21+/m1/s1. The molecule has 5 rings (SSSR count). The summed E-state index contributed by atoms with van der Waals surface area (Å²) in [5, 5.41) is 13.5.